The average molecular weight is 262 g/mol. The molecule has 3 rings (SSSR count). The number of rotatable bonds is 2. The van der Waals surface area contributed by atoms with Crippen LogP contribution in [-0.4, -0.2) is 22.6 Å². The summed E-state index contributed by atoms with van der Waals surface area (Å²) in [7, 11) is 0. The van der Waals surface area contributed by atoms with Gasteiger partial charge in [-0.25, -0.2) is 4.98 Å². The lowest BCUT2D eigenvalue weighted by atomic mass is 10.0. The van der Waals surface area contributed by atoms with Crippen molar-refractivity contribution in [3.05, 3.63) is 11.1 Å². The van der Waals surface area contributed by atoms with Crippen molar-refractivity contribution in [2.45, 2.75) is 19.3 Å². The minimum atomic E-state index is -0.162. The van der Waals surface area contributed by atoms with Crippen molar-refractivity contribution in [3.63, 3.8) is 0 Å². The molecule has 2 atom stereocenters. The summed E-state index contributed by atoms with van der Waals surface area (Å²) in [6.07, 6.45) is 5.02. The Kier molecular flexibility index (Phi) is 3.06. The van der Waals surface area contributed by atoms with E-state index in [0.29, 0.717) is 5.13 Å². The second-order valence-corrected chi connectivity index (χ2v) is 5.93. The lowest BCUT2D eigenvalue weighted by Crippen LogP contribution is -2.21. The summed E-state index contributed by atoms with van der Waals surface area (Å²) in [5.41, 5.74) is 0. The number of fused-ring (bicyclic) bond motifs is 1. The number of carbonyl (C=O) groups is 1. The van der Waals surface area contributed by atoms with Crippen molar-refractivity contribution in [2.24, 2.45) is 17.8 Å². The fourth-order valence-corrected chi connectivity index (χ4v) is 3.35. The monoisotopic (exact) mass is 262 g/mol. The Labute approximate surface area is 109 Å². The van der Waals surface area contributed by atoms with E-state index in [0.717, 1.165) is 29.6 Å². The average Bonchev–Trinajstić information content (AvgIpc) is 2.79. The van der Waals surface area contributed by atoms with E-state index in [1.165, 1.54) is 17.8 Å². The summed E-state index contributed by atoms with van der Waals surface area (Å²) >= 11 is 1.34. The topological polar surface area (TPSA) is 62.2 Å². The summed E-state index contributed by atoms with van der Waals surface area (Å²) < 4.78 is 0. The molecule has 2 aliphatic rings. The van der Waals surface area contributed by atoms with Crippen molar-refractivity contribution in [1.82, 2.24) is 4.98 Å². The molecule has 2 aliphatic carbocycles. The van der Waals surface area contributed by atoms with Crippen LogP contribution >= 0.6 is 11.3 Å². The molecule has 0 spiro atoms. The molecular formula is C13H14N2O2S. The maximum absolute atomic E-state index is 12.0. The first kappa shape index (κ1) is 11.7. The first-order valence-corrected chi connectivity index (χ1v) is 6.94. The molecule has 0 radical (unpaired) electrons. The third kappa shape index (κ3) is 2.40. The van der Waals surface area contributed by atoms with E-state index in [2.05, 4.69) is 22.1 Å². The molecule has 1 amide bonds. The molecule has 0 bridgehead atoms. The van der Waals surface area contributed by atoms with E-state index >= 15 is 0 Å². The van der Waals surface area contributed by atoms with E-state index in [1.54, 1.807) is 6.20 Å². The molecule has 1 heterocycles. The normalized spacial score (nSPS) is 28.2. The van der Waals surface area contributed by atoms with Crippen LogP contribution in [-0.2, 0) is 4.79 Å². The summed E-state index contributed by atoms with van der Waals surface area (Å²) in [5, 5.41) is 12.1. The third-order valence-electron chi connectivity index (χ3n) is 3.64. The highest BCUT2D eigenvalue weighted by Crippen LogP contribution is 2.54. The van der Waals surface area contributed by atoms with Gasteiger partial charge in [0.1, 0.15) is 6.61 Å². The van der Waals surface area contributed by atoms with Crippen molar-refractivity contribution in [3.8, 4) is 11.8 Å². The number of hydrogen-bond donors (Lipinski definition) is 2. The Morgan fingerprint density at radius 2 is 2.28 bits per heavy atom. The number of hydrogen-bond acceptors (Lipinski definition) is 4. The Hall–Kier alpha value is -1.38. The molecule has 18 heavy (non-hydrogen) atoms. The molecule has 1 aromatic heterocycles. The van der Waals surface area contributed by atoms with Gasteiger partial charge in [0.2, 0.25) is 5.91 Å². The van der Waals surface area contributed by atoms with Gasteiger partial charge >= 0.3 is 0 Å². The Morgan fingerprint density at radius 1 is 1.50 bits per heavy atom. The van der Waals surface area contributed by atoms with Crippen LogP contribution in [0, 0.1) is 29.6 Å². The zero-order chi connectivity index (χ0) is 12.5. The number of aliphatic hydroxyl groups is 1. The van der Waals surface area contributed by atoms with Crippen LogP contribution in [0.25, 0.3) is 0 Å². The van der Waals surface area contributed by atoms with Crippen molar-refractivity contribution in [1.29, 1.82) is 0 Å². The fourth-order valence-electron chi connectivity index (χ4n) is 2.65. The van der Waals surface area contributed by atoms with Gasteiger partial charge in [0.25, 0.3) is 0 Å². The van der Waals surface area contributed by atoms with Crippen molar-refractivity contribution >= 4 is 22.4 Å². The molecule has 2 N–H and O–H groups in total. The number of nitrogens with zero attached hydrogens (tertiary/aromatic N) is 1. The summed E-state index contributed by atoms with van der Waals surface area (Å²) in [6, 6.07) is 0. The van der Waals surface area contributed by atoms with E-state index in [4.69, 9.17) is 5.11 Å². The van der Waals surface area contributed by atoms with Crippen LogP contribution in [0.2, 0.25) is 0 Å². The lowest BCUT2D eigenvalue weighted by molar-refractivity contribution is -0.120. The highest BCUT2D eigenvalue weighted by molar-refractivity contribution is 7.16. The minimum absolute atomic E-state index is 0.0956. The zero-order valence-corrected chi connectivity index (χ0v) is 10.7. The van der Waals surface area contributed by atoms with E-state index in [-0.39, 0.29) is 18.4 Å². The molecule has 94 valence electrons. The van der Waals surface area contributed by atoms with Crippen LogP contribution < -0.4 is 5.32 Å². The van der Waals surface area contributed by atoms with Crippen LogP contribution in [0.5, 0.6) is 0 Å². The standard InChI is InChI=1S/C13H14N2O2S/c16-3-1-2-11-7-14-13(18-11)15-12(17)10-5-8-4-9(8)6-10/h7-10,16H,3-6H2,(H,14,15,17). The van der Waals surface area contributed by atoms with Gasteiger partial charge in [-0.15, -0.1) is 0 Å². The molecule has 0 aliphatic heterocycles. The van der Waals surface area contributed by atoms with Gasteiger partial charge in [-0.1, -0.05) is 23.2 Å². The molecule has 2 unspecified atom stereocenters. The molecule has 1 aromatic rings. The van der Waals surface area contributed by atoms with E-state index in [9.17, 15) is 4.79 Å². The fraction of sp³-hybridized carbons (Fsp3) is 0.538. The predicted octanol–water partition coefficient (Wildman–Crippen LogP) is 1.47. The molecule has 2 fully saturated rings. The first-order chi connectivity index (χ1) is 8.76. The quantitative estimate of drug-likeness (QED) is 0.793. The maximum Gasteiger partial charge on any atom is 0.229 e. The Balaban J connectivity index is 1.58. The predicted molar refractivity (Wildman–Crippen MR) is 69.0 cm³/mol. The summed E-state index contributed by atoms with van der Waals surface area (Å²) in [4.78, 5) is 16.9. The van der Waals surface area contributed by atoms with Gasteiger partial charge in [-0.3, -0.25) is 4.79 Å². The van der Waals surface area contributed by atoms with Gasteiger partial charge in [0, 0.05) is 5.92 Å². The number of aliphatic hydroxyl groups excluding tert-OH is 1. The summed E-state index contributed by atoms with van der Waals surface area (Å²) in [5.74, 6) is 7.22. The van der Waals surface area contributed by atoms with Crippen molar-refractivity contribution in [2.75, 3.05) is 11.9 Å². The van der Waals surface area contributed by atoms with Crippen LogP contribution in [0.4, 0.5) is 5.13 Å². The van der Waals surface area contributed by atoms with Gasteiger partial charge in [0.15, 0.2) is 5.13 Å². The smallest absolute Gasteiger partial charge is 0.229 e. The van der Waals surface area contributed by atoms with E-state index in [1.807, 2.05) is 0 Å². The van der Waals surface area contributed by atoms with Crippen LogP contribution in [0.15, 0.2) is 6.20 Å². The number of thiazole rings is 1. The van der Waals surface area contributed by atoms with Crippen LogP contribution in [0.3, 0.4) is 0 Å². The minimum Gasteiger partial charge on any atom is -0.384 e. The highest BCUT2D eigenvalue weighted by atomic mass is 32.1. The highest BCUT2D eigenvalue weighted by Gasteiger charge is 2.48. The second-order valence-electron chi connectivity index (χ2n) is 4.90. The maximum atomic E-state index is 12.0. The summed E-state index contributed by atoms with van der Waals surface area (Å²) in [6.45, 7) is -0.162. The Morgan fingerprint density at radius 3 is 3.00 bits per heavy atom. The number of nitrogens with one attached hydrogen (secondary N) is 1. The first-order valence-electron chi connectivity index (χ1n) is 6.12. The third-order valence-corrected chi connectivity index (χ3v) is 4.47. The Bertz CT molecular complexity index is 519. The van der Waals surface area contributed by atoms with E-state index < -0.39 is 0 Å². The molecule has 0 aromatic carbocycles. The molecule has 0 saturated heterocycles. The number of carbonyl (C=O) groups excluding carboxylic acids is 1. The lowest BCUT2D eigenvalue weighted by Gasteiger charge is -2.09. The van der Waals surface area contributed by atoms with Crippen LogP contribution in [0.1, 0.15) is 24.1 Å². The van der Waals surface area contributed by atoms with Gasteiger partial charge in [-0.2, -0.15) is 0 Å². The molecule has 2 saturated carbocycles. The zero-order valence-electron chi connectivity index (χ0n) is 9.85. The molecular weight excluding hydrogens is 248 g/mol. The SMILES string of the molecule is O=C(Nc1ncc(C#CCO)s1)C1CC2CC2C1. The second kappa shape index (κ2) is 4.71. The number of anilines is 1. The molecule has 4 nitrogen and oxygen atoms in total. The largest absolute Gasteiger partial charge is 0.384 e. The van der Waals surface area contributed by atoms with Gasteiger partial charge in [0.05, 0.1) is 11.1 Å². The number of amides is 1. The van der Waals surface area contributed by atoms with Gasteiger partial charge in [-0.05, 0) is 31.1 Å². The van der Waals surface area contributed by atoms with Gasteiger partial charge < -0.3 is 10.4 Å². The molecule has 5 heteroatoms. The number of aromatic nitrogens is 1. The van der Waals surface area contributed by atoms with Crippen molar-refractivity contribution < 1.29 is 9.90 Å².